The van der Waals surface area contributed by atoms with E-state index in [2.05, 4.69) is 60.1 Å². The average molecular weight is 313 g/mol. The summed E-state index contributed by atoms with van der Waals surface area (Å²) in [5.41, 5.74) is 5.00. The van der Waals surface area contributed by atoms with Crippen LogP contribution in [0.1, 0.15) is 25.3 Å². The third-order valence-electron chi connectivity index (χ3n) is 1.79. The number of nitrogens with two attached hydrogens (primary N) is 1. The predicted octanol–water partition coefficient (Wildman–Crippen LogP) is 3.12. The number of anilines is 1. The zero-order valence-corrected chi connectivity index (χ0v) is 10.6. The number of benzene rings is 1. The molecule has 1 aromatic carbocycles. The highest BCUT2D eigenvalue weighted by atomic mass is 127. The second-order valence-corrected chi connectivity index (χ2v) is 4.28. The summed E-state index contributed by atoms with van der Waals surface area (Å²) < 4.78 is 1.20. The van der Waals surface area contributed by atoms with E-state index in [9.17, 15) is 0 Å². The molecule has 0 aliphatic rings. The van der Waals surface area contributed by atoms with Crippen LogP contribution in [0.15, 0.2) is 18.2 Å². The van der Waals surface area contributed by atoms with Crippen LogP contribution in [0.3, 0.4) is 0 Å². The molecule has 0 atom stereocenters. The molecule has 0 aliphatic heterocycles. The molecule has 0 aliphatic carbocycles. The molecule has 0 spiro atoms. The fourth-order valence-electron chi connectivity index (χ4n) is 1.16. The molecule has 74 valence electrons. The normalized spacial score (nSPS) is 9.62. The van der Waals surface area contributed by atoms with E-state index in [0.29, 0.717) is 5.92 Å². The maximum Gasteiger partial charge on any atom is 0.0530 e. The lowest BCUT2D eigenvalue weighted by atomic mass is 10.0. The van der Waals surface area contributed by atoms with Crippen LogP contribution in [0.2, 0.25) is 0 Å². The van der Waals surface area contributed by atoms with E-state index in [4.69, 9.17) is 5.84 Å². The first-order chi connectivity index (χ1) is 5.65. The Morgan fingerprint density at radius 3 is 2.46 bits per heavy atom. The molecule has 0 bridgehead atoms. The van der Waals surface area contributed by atoms with E-state index in [1.54, 1.807) is 0 Å². The second kappa shape index (κ2) is 5.67. The number of rotatable bonds is 2. The Labute approximate surface area is 98.8 Å². The van der Waals surface area contributed by atoms with Gasteiger partial charge in [0.2, 0.25) is 0 Å². The van der Waals surface area contributed by atoms with Crippen LogP contribution in [0, 0.1) is 3.57 Å². The Kier molecular flexibility index (Phi) is 5.67. The van der Waals surface area contributed by atoms with Gasteiger partial charge in [-0.05, 0) is 46.2 Å². The van der Waals surface area contributed by atoms with Crippen molar-refractivity contribution < 1.29 is 0 Å². The Morgan fingerprint density at radius 1 is 1.38 bits per heavy atom. The standard InChI is InChI=1S/C9H13IN2.ClH/c1-6(2)8-4-3-7(10)5-9(8)12-11;/h3-6,12H,11H2,1-2H3;1H. The number of hydrogen-bond donors (Lipinski definition) is 2. The van der Waals surface area contributed by atoms with Crippen LogP contribution in [0.25, 0.3) is 0 Å². The van der Waals surface area contributed by atoms with Crippen molar-refractivity contribution in [2.45, 2.75) is 19.8 Å². The Bertz CT molecular complexity index is 276. The molecule has 4 heteroatoms. The third-order valence-corrected chi connectivity index (χ3v) is 2.46. The molecule has 0 fully saturated rings. The first-order valence-corrected chi connectivity index (χ1v) is 4.99. The van der Waals surface area contributed by atoms with Gasteiger partial charge in [-0.3, -0.25) is 5.84 Å². The maximum absolute atomic E-state index is 5.40. The molecule has 2 nitrogen and oxygen atoms in total. The molecule has 3 N–H and O–H groups in total. The van der Waals surface area contributed by atoms with Gasteiger partial charge in [-0.15, -0.1) is 12.4 Å². The van der Waals surface area contributed by atoms with Crippen LogP contribution < -0.4 is 11.3 Å². The number of nitrogen functional groups attached to an aromatic ring is 1. The summed E-state index contributed by atoms with van der Waals surface area (Å²) in [6.45, 7) is 4.31. The highest BCUT2D eigenvalue weighted by Crippen LogP contribution is 2.24. The predicted molar refractivity (Wildman–Crippen MR) is 68.3 cm³/mol. The van der Waals surface area contributed by atoms with Gasteiger partial charge in [0.1, 0.15) is 0 Å². The zero-order chi connectivity index (χ0) is 9.14. The van der Waals surface area contributed by atoms with Crippen molar-refractivity contribution in [3.05, 3.63) is 27.3 Å². The van der Waals surface area contributed by atoms with Gasteiger partial charge in [-0.2, -0.15) is 0 Å². The van der Waals surface area contributed by atoms with Gasteiger partial charge in [-0.1, -0.05) is 19.9 Å². The van der Waals surface area contributed by atoms with E-state index in [1.165, 1.54) is 9.13 Å². The molecule has 0 amide bonds. The van der Waals surface area contributed by atoms with Crippen LogP contribution >= 0.6 is 35.0 Å². The molecule has 0 saturated carbocycles. The summed E-state index contributed by atoms with van der Waals surface area (Å²) in [4.78, 5) is 0. The van der Waals surface area contributed by atoms with Gasteiger partial charge in [0.15, 0.2) is 0 Å². The van der Waals surface area contributed by atoms with Crippen molar-refractivity contribution in [1.29, 1.82) is 0 Å². The van der Waals surface area contributed by atoms with Gasteiger partial charge in [0, 0.05) is 3.57 Å². The summed E-state index contributed by atoms with van der Waals surface area (Å²) in [7, 11) is 0. The lowest BCUT2D eigenvalue weighted by Gasteiger charge is -2.11. The van der Waals surface area contributed by atoms with E-state index < -0.39 is 0 Å². The molecule has 1 rings (SSSR count). The van der Waals surface area contributed by atoms with Crippen molar-refractivity contribution in [2.75, 3.05) is 5.43 Å². The molecule has 1 aromatic rings. The van der Waals surface area contributed by atoms with Crippen molar-refractivity contribution in [2.24, 2.45) is 5.84 Å². The number of nitrogens with one attached hydrogen (secondary N) is 1. The van der Waals surface area contributed by atoms with Crippen LogP contribution in [-0.4, -0.2) is 0 Å². The summed E-state index contributed by atoms with van der Waals surface area (Å²) >= 11 is 2.27. The van der Waals surface area contributed by atoms with E-state index in [-0.39, 0.29) is 12.4 Å². The van der Waals surface area contributed by atoms with E-state index in [0.717, 1.165) is 5.69 Å². The van der Waals surface area contributed by atoms with Crippen molar-refractivity contribution in [1.82, 2.24) is 0 Å². The molecule has 0 unspecified atom stereocenters. The van der Waals surface area contributed by atoms with Gasteiger partial charge >= 0.3 is 0 Å². The largest absolute Gasteiger partial charge is 0.324 e. The third kappa shape index (κ3) is 3.32. The van der Waals surface area contributed by atoms with Crippen LogP contribution in [0.5, 0.6) is 0 Å². The van der Waals surface area contributed by atoms with Crippen LogP contribution in [-0.2, 0) is 0 Å². The Balaban J connectivity index is 0.00000144. The zero-order valence-electron chi connectivity index (χ0n) is 7.67. The van der Waals surface area contributed by atoms with Crippen molar-refractivity contribution in [3.8, 4) is 0 Å². The lowest BCUT2D eigenvalue weighted by molar-refractivity contribution is 0.866. The van der Waals surface area contributed by atoms with Crippen molar-refractivity contribution >= 4 is 40.7 Å². The van der Waals surface area contributed by atoms with Gasteiger partial charge in [-0.25, -0.2) is 0 Å². The topological polar surface area (TPSA) is 38.0 Å². The Morgan fingerprint density at radius 2 is 2.00 bits per heavy atom. The van der Waals surface area contributed by atoms with Gasteiger partial charge in [0.25, 0.3) is 0 Å². The molecule has 0 aromatic heterocycles. The fraction of sp³-hybridized carbons (Fsp3) is 0.333. The summed E-state index contributed by atoms with van der Waals surface area (Å²) in [6.07, 6.45) is 0. The number of halogens is 2. The van der Waals surface area contributed by atoms with E-state index >= 15 is 0 Å². The minimum Gasteiger partial charge on any atom is -0.324 e. The number of hydrogen-bond acceptors (Lipinski definition) is 2. The lowest BCUT2D eigenvalue weighted by Crippen LogP contribution is -2.10. The van der Waals surface area contributed by atoms with Gasteiger partial charge in [0.05, 0.1) is 5.69 Å². The minimum atomic E-state index is 0. The molecule has 0 saturated heterocycles. The highest BCUT2D eigenvalue weighted by Gasteiger charge is 2.04. The average Bonchev–Trinajstić information content (AvgIpc) is 2.03. The highest BCUT2D eigenvalue weighted by molar-refractivity contribution is 14.1. The Hall–Kier alpha value is -0.0000000000000000555. The summed E-state index contributed by atoms with van der Waals surface area (Å²) in [5.74, 6) is 5.91. The second-order valence-electron chi connectivity index (χ2n) is 3.03. The molecule has 13 heavy (non-hydrogen) atoms. The maximum atomic E-state index is 5.40. The molecular formula is C9H14ClIN2. The van der Waals surface area contributed by atoms with Crippen molar-refractivity contribution in [3.63, 3.8) is 0 Å². The molecule has 0 heterocycles. The van der Waals surface area contributed by atoms with Crippen LogP contribution in [0.4, 0.5) is 5.69 Å². The summed E-state index contributed by atoms with van der Waals surface area (Å²) in [6, 6.07) is 6.26. The van der Waals surface area contributed by atoms with Gasteiger partial charge < -0.3 is 5.43 Å². The first-order valence-electron chi connectivity index (χ1n) is 3.91. The summed E-state index contributed by atoms with van der Waals surface area (Å²) in [5, 5.41) is 0. The molecule has 0 radical (unpaired) electrons. The smallest absolute Gasteiger partial charge is 0.0530 e. The quantitative estimate of drug-likeness (QED) is 0.500. The number of hydrazine groups is 1. The van der Waals surface area contributed by atoms with E-state index in [1.807, 2.05) is 0 Å². The fourth-order valence-corrected chi connectivity index (χ4v) is 1.65. The SMILES string of the molecule is CC(C)c1ccc(I)cc1NN.Cl. The monoisotopic (exact) mass is 312 g/mol. The minimum absolute atomic E-state index is 0. The molecular weight excluding hydrogens is 298 g/mol. The first kappa shape index (κ1) is 13.0.